The number of rotatable bonds is 4. The molecule has 0 heterocycles. The fraction of sp³-hybridized carbons (Fsp3) is 0.0769. The highest BCUT2D eigenvalue weighted by Crippen LogP contribution is 2.16. The van der Waals surface area contributed by atoms with Gasteiger partial charge in [0.15, 0.2) is 11.6 Å². The van der Waals surface area contributed by atoms with E-state index in [9.17, 15) is 21.7 Å². The lowest BCUT2D eigenvalue weighted by molar-refractivity contribution is 0.305. The molecule has 0 aliphatic rings. The second-order valence-electron chi connectivity index (χ2n) is 4.18. The number of hydrogen-bond donors (Lipinski definition) is 0. The number of benzene rings is 2. The van der Waals surface area contributed by atoms with Crippen molar-refractivity contribution in [2.24, 2.45) is 0 Å². The molecule has 0 aliphatic carbocycles. The van der Waals surface area contributed by atoms with E-state index in [0.29, 0.717) is 5.56 Å². The molecule has 0 radical (unpaired) electrons. The van der Waals surface area contributed by atoms with Crippen LogP contribution in [0, 0.1) is 11.6 Å². The van der Waals surface area contributed by atoms with Crippen molar-refractivity contribution in [2.45, 2.75) is 6.61 Å². The number of ether oxygens (including phenoxy) is 1. The van der Waals surface area contributed by atoms with E-state index in [-0.39, 0.29) is 12.4 Å². The molecule has 0 spiro atoms. The molecule has 1 nitrogen and oxygen atoms in total. The van der Waals surface area contributed by atoms with Crippen LogP contribution in [0.25, 0.3) is 0 Å². The smallest absolute Gasteiger partial charge is 0.489 e. The van der Waals surface area contributed by atoms with Gasteiger partial charge in [0.2, 0.25) is 0 Å². The zero-order chi connectivity index (χ0) is 14.8. The summed E-state index contributed by atoms with van der Waals surface area (Å²) in [5.74, 6) is -2.00. The van der Waals surface area contributed by atoms with Crippen LogP contribution in [0.3, 0.4) is 0 Å². The summed E-state index contributed by atoms with van der Waals surface area (Å²) >= 11 is 0. The highest BCUT2D eigenvalue weighted by atomic mass is 19.4. The minimum absolute atomic E-state index is 0.0198. The maximum atomic E-state index is 12.9. The van der Waals surface area contributed by atoms with Gasteiger partial charge in [-0.1, -0.05) is 18.2 Å². The standard InChI is InChI=1S/C13H9BF5O/c15-12-5-4-9(6-13(12)16)8-20-11-3-1-2-10(7-11)14(17,18)19/h1-7H,8H2/q-1. The largest absolute Gasteiger partial charge is 0.509 e. The second kappa shape index (κ2) is 5.52. The Bertz CT molecular complexity index is 612. The Hall–Kier alpha value is -2.05. The molecule has 0 bridgehead atoms. The van der Waals surface area contributed by atoms with E-state index in [4.69, 9.17) is 4.74 Å². The van der Waals surface area contributed by atoms with Crippen LogP contribution in [-0.4, -0.2) is 6.98 Å². The van der Waals surface area contributed by atoms with Crippen LogP contribution in [0.1, 0.15) is 5.56 Å². The van der Waals surface area contributed by atoms with Gasteiger partial charge in [-0.15, -0.1) is 5.46 Å². The van der Waals surface area contributed by atoms with Gasteiger partial charge >= 0.3 is 6.98 Å². The Balaban J connectivity index is 2.09. The summed E-state index contributed by atoms with van der Waals surface area (Å²) in [7, 11) is 0. The molecule has 0 fully saturated rings. The first-order valence-electron chi connectivity index (χ1n) is 5.73. The summed E-state index contributed by atoms with van der Waals surface area (Å²) < 4.78 is 68.4. The SMILES string of the molecule is Fc1ccc(COc2cccc([B-](F)(F)F)c2)cc1F. The highest BCUT2D eigenvalue weighted by Gasteiger charge is 2.25. The van der Waals surface area contributed by atoms with Crippen molar-refractivity contribution in [3.8, 4) is 5.75 Å². The van der Waals surface area contributed by atoms with E-state index in [0.717, 1.165) is 24.3 Å². The monoisotopic (exact) mass is 287 g/mol. The van der Waals surface area contributed by atoms with Gasteiger partial charge in [0.25, 0.3) is 0 Å². The van der Waals surface area contributed by atoms with Crippen LogP contribution in [0.15, 0.2) is 42.5 Å². The van der Waals surface area contributed by atoms with Crippen LogP contribution in [-0.2, 0) is 6.61 Å². The van der Waals surface area contributed by atoms with Crippen LogP contribution in [0.2, 0.25) is 0 Å². The van der Waals surface area contributed by atoms with Crippen molar-refractivity contribution in [3.63, 3.8) is 0 Å². The van der Waals surface area contributed by atoms with Crippen molar-refractivity contribution in [3.05, 3.63) is 59.7 Å². The van der Waals surface area contributed by atoms with Crippen LogP contribution in [0.5, 0.6) is 5.75 Å². The maximum Gasteiger partial charge on any atom is 0.509 e. The molecule has 0 aromatic heterocycles. The number of hydrogen-bond acceptors (Lipinski definition) is 1. The molecular weight excluding hydrogens is 278 g/mol. The summed E-state index contributed by atoms with van der Waals surface area (Å²) in [6, 6.07) is 7.59. The average molecular weight is 287 g/mol. The van der Waals surface area contributed by atoms with Crippen molar-refractivity contribution in [1.29, 1.82) is 0 Å². The molecule has 2 aromatic rings. The Morgan fingerprint density at radius 3 is 2.30 bits per heavy atom. The zero-order valence-corrected chi connectivity index (χ0v) is 10.1. The van der Waals surface area contributed by atoms with Crippen molar-refractivity contribution in [1.82, 2.24) is 0 Å². The van der Waals surface area contributed by atoms with Gasteiger partial charge in [-0.25, -0.2) is 8.78 Å². The summed E-state index contributed by atoms with van der Waals surface area (Å²) in [5, 5.41) is 0. The topological polar surface area (TPSA) is 9.23 Å². The molecule has 2 rings (SSSR count). The van der Waals surface area contributed by atoms with Gasteiger partial charge in [-0.05, 0) is 29.8 Å². The molecule has 2 aromatic carbocycles. The summed E-state index contributed by atoms with van der Waals surface area (Å²) in [6.07, 6.45) is 0. The highest BCUT2D eigenvalue weighted by molar-refractivity contribution is 6.73. The van der Waals surface area contributed by atoms with Crippen LogP contribution < -0.4 is 10.2 Å². The lowest BCUT2D eigenvalue weighted by Gasteiger charge is -2.16. The summed E-state index contributed by atoms with van der Waals surface area (Å²) in [4.78, 5) is 0. The second-order valence-corrected chi connectivity index (χ2v) is 4.18. The van der Waals surface area contributed by atoms with Crippen molar-refractivity contribution >= 4 is 12.4 Å². The van der Waals surface area contributed by atoms with Gasteiger partial charge in [0, 0.05) is 0 Å². The molecule has 0 unspecified atom stereocenters. The summed E-state index contributed by atoms with van der Waals surface area (Å²) in [5.41, 5.74) is -0.445. The Kier molecular flexibility index (Phi) is 3.97. The van der Waals surface area contributed by atoms with Crippen LogP contribution >= 0.6 is 0 Å². The minimum Gasteiger partial charge on any atom is -0.489 e. The molecule has 0 saturated heterocycles. The molecular formula is C13H9BF5O-. The molecule has 0 atom stereocenters. The van der Waals surface area contributed by atoms with Gasteiger partial charge < -0.3 is 17.7 Å². The quantitative estimate of drug-likeness (QED) is 0.616. The molecule has 0 N–H and O–H groups in total. The lowest BCUT2D eigenvalue weighted by Crippen LogP contribution is -2.33. The van der Waals surface area contributed by atoms with Crippen LogP contribution in [0.4, 0.5) is 21.7 Å². The molecule has 0 aliphatic heterocycles. The first-order valence-corrected chi connectivity index (χ1v) is 5.73. The van der Waals surface area contributed by atoms with Gasteiger partial charge in [0.1, 0.15) is 12.4 Å². The average Bonchev–Trinajstić information content (AvgIpc) is 2.39. The first kappa shape index (κ1) is 14.4. The van der Waals surface area contributed by atoms with E-state index < -0.39 is 24.1 Å². The van der Waals surface area contributed by atoms with Gasteiger partial charge in [-0.3, -0.25) is 0 Å². The Morgan fingerprint density at radius 1 is 0.900 bits per heavy atom. The molecule has 0 saturated carbocycles. The fourth-order valence-electron chi connectivity index (χ4n) is 1.60. The molecule has 20 heavy (non-hydrogen) atoms. The van der Waals surface area contributed by atoms with Gasteiger partial charge in [0.05, 0.1) is 0 Å². The molecule has 106 valence electrons. The minimum atomic E-state index is -5.10. The van der Waals surface area contributed by atoms with E-state index >= 15 is 0 Å². The third kappa shape index (κ3) is 3.49. The number of halogens is 5. The lowest BCUT2D eigenvalue weighted by atomic mass is 9.80. The maximum absolute atomic E-state index is 12.9. The third-order valence-corrected chi connectivity index (χ3v) is 2.63. The molecule has 7 heteroatoms. The van der Waals surface area contributed by atoms with E-state index in [2.05, 4.69) is 0 Å². The molecule has 0 amide bonds. The Labute approximate surface area is 112 Å². The van der Waals surface area contributed by atoms with Gasteiger partial charge in [-0.2, -0.15) is 0 Å². The van der Waals surface area contributed by atoms with E-state index in [1.54, 1.807) is 0 Å². The zero-order valence-electron chi connectivity index (χ0n) is 10.1. The fourth-order valence-corrected chi connectivity index (χ4v) is 1.60. The Morgan fingerprint density at radius 2 is 1.65 bits per heavy atom. The predicted molar refractivity (Wildman–Crippen MR) is 65.8 cm³/mol. The normalized spacial score (nSPS) is 11.4. The summed E-state index contributed by atoms with van der Waals surface area (Å²) in [6.45, 7) is -5.24. The predicted octanol–water partition coefficient (Wildman–Crippen LogP) is 3.60. The van der Waals surface area contributed by atoms with Crippen molar-refractivity contribution < 1.29 is 26.5 Å². The van der Waals surface area contributed by atoms with Crippen molar-refractivity contribution in [2.75, 3.05) is 0 Å². The van der Waals surface area contributed by atoms with E-state index in [1.165, 1.54) is 18.2 Å². The third-order valence-electron chi connectivity index (χ3n) is 2.63. The first-order chi connectivity index (χ1) is 9.36. The van der Waals surface area contributed by atoms with E-state index in [1.807, 2.05) is 0 Å².